The molecule has 1 saturated heterocycles. The molecule has 4 aliphatic rings. The Hall–Kier alpha value is -4.43. The zero-order valence-corrected chi connectivity index (χ0v) is 38.3. The first kappa shape index (κ1) is 40.6. The summed E-state index contributed by atoms with van der Waals surface area (Å²) in [6.45, 7) is 4.85. The average Bonchev–Trinajstić information content (AvgIpc) is 3.54. The van der Waals surface area contributed by atoms with E-state index in [1.807, 2.05) is 0 Å². The zero-order chi connectivity index (χ0) is 39.2. The molecule has 1 heterocycles. The van der Waals surface area contributed by atoms with Crippen molar-refractivity contribution in [1.29, 1.82) is 0 Å². The van der Waals surface area contributed by atoms with Crippen LogP contribution in [0.15, 0.2) is 157 Å². The summed E-state index contributed by atoms with van der Waals surface area (Å²) in [6.07, 6.45) is 16.0. The van der Waals surface area contributed by atoms with Crippen molar-refractivity contribution in [3.8, 4) is 22.3 Å². The van der Waals surface area contributed by atoms with Crippen molar-refractivity contribution in [1.82, 2.24) is 0 Å². The second kappa shape index (κ2) is 16.0. The summed E-state index contributed by atoms with van der Waals surface area (Å²) in [5.74, 6) is 0. The summed E-state index contributed by atoms with van der Waals surface area (Å²) in [4.78, 5) is 0. The molecular formula is C58H52Cl2Ti. The van der Waals surface area contributed by atoms with Crippen molar-refractivity contribution < 1.29 is 41.4 Å². The van der Waals surface area contributed by atoms with E-state index in [2.05, 4.69) is 172 Å². The van der Waals surface area contributed by atoms with Crippen LogP contribution in [-0.2, 0) is 16.6 Å². The molecule has 2 fully saturated rings. The van der Waals surface area contributed by atoms with E-state index in [1.165, 1.54) is 128 Å². The van der Waals surface area contributed by atoms with Gasteiger partial charge in [-0.1, -0.05) is 0 Å². The molecular weight excluding hydrogens is 815 g/mol. The maximum atomic E-state index is 2.75. The van der Waals surface area contributed by atoms with Gasteiger partial charge in [-0.05, 0) is 0 Å². The summed E-state index contributed by atoms with van der Waals surface area (Å²) in [5.41, 5.74) is 15.7. The third kappa shape index (κ3) is 6.04. The van der Waals surface area contributed by atoms with Crippen LogP contribution in [0.3, 0.4) is 0 Å². The minimum absolute atomic E-state index is 0. The first-order valence-electron chi connectivity index (χ1n) is 22.7. The fourth-order valence-corrected chi connectivity index (χ4v) is 27.6. The van der Waals surface area contributed by atoms with Gasteiger partial charge in [-0.25, -0.2) is 0 Å². The van der Waals surface area contributed by atoms with E-state index in [0.29, 0.717) is 8.45 Å². The van der Waals surface area contributed by atoms with E-state index >= 15 is 0 Å². The van der Waals surface area contributed by atoms with Crippen molar-refractivity contribution in [3.05, 3.63) is 179 Å². The van der Waals surface area contributed by atoms with Crippen LogP contribution in [0.1, 0.15) is 95.9 Å². The maximum absolute atomic E-state index is 2.88. The second-order valence-corrected chi connectivity index (χ2v) is 25.5. The summed E-state index contributed by atoms with van der Waals surface area (Å²) < 4.78 is 3.08. The Morgan fingerprint density at radius 1 is 0.443 bits per heavy atom. The molecule has 0 spiro atoms. The van der Waals surface area contributed by atoms with E-state index in [4.69, 9.17) is 0 Å². The molecule has 3 aliphatic carbocycles. The summed E-state index contributed by atoms with van der Waals surface area (Å²) in [5, 5.41) is 10.8. The van der Waals surface area contributed by atoms with Gasteiger partial charge in [0, 0.05) is 0 Å². The average molecular weight is 868 g/mol. The van der Waals surface area contributed by atoms with Crippen molar-refractivity contribution in [2.45, 2.75) is 82.1 Å². The minimum Gasteiger partial charge on any atom is -1.00 e. The molecule has 61 heavy (non-hydrogen) atoms. The Morgan fingerprint density at radius 3 is 1.16 bits per heavy atom. The molecule has 3 heteroatoms. The maximum Gasteiger partial charge on any atom is -1.00 e. The van der Waals surface area contributed by atoms with Crippen LogP contribution in [0.5, 0.6) is 0 Å². The van der Waals surface area contributed by atoms with Gasteiger partial charge in [-0.15, -0.1) is 0 Å². The van der Waals surface area contributed by atoms with E-state index in [-0.39, 0.29) is 24.8 Å². The van der Waals surface area contributed by atoms with Gasteiger partial charge < -0.3 is 24.8 Å². The van der Waals surface area contributed by atoms with E-state index < -0.39 is 16.6 Å². The fraction of sp³-hybridized carbons (Fsp3) is 0.241. The summed E-state index contributed by atoms with van der Waals surface area (Å²) >= 11 is -2.88. The predicted molar refractivity (Wildman–Crippen MR) is 251 cm³/mol. The first-order valence-corrected chi connectivity index (χ1v) is 26.3. The van der Waals surface area contributed by atoms with Gasteiger partial charge in [0.2, 0.25) is 0 Å². The molecule has 4 unspecified atom stereocenters. The Balaban J connectivity index is 0.00000223. The third-order valence-electron chi connectivity index (χ3n) is 15.4. The van der Waals surface area contributed by atoms with Gasteiger partial charge in [-0.3, -0.25) is 0 Å². The van der Waals surface area contributed by atoms with Crippen LogP contribution < -0.4 is 24.8 Å². The van der Waals surface area contributed by atoms with Gasteiger partial charge in [0.1, 0.15) is 0 Å². The number of fused-ring (bicyclic) bond motifs is 7. The molecule has 302 valence electrons. The molecule has 0 radical (unpaired) electrons. The monoisotopic (exact) mass is 866 g/mol. The Morgan fingerprint density at radius 2 is 0.803 bits per heavy atom. The number of allylic oxidation sites excluding steroid dienone is 2. The molecule has 0 N–H and O–H groups in total. The van der Waals surface area contributed by atoms with Gasteiger partial charge in [0.25, 0.3) is 0 Å². The smallest absolute Gasteiger partial charge is 1.00 e. The van der Waals surface area contributed by atoms with Crippen LogP contribution in [0, 0.1) is 0 Å². The van der Waals surface area contributed by atoms with E-state index in [9.17, 15) is 0 Å². The third-order valence-corrected chi connectivity index (χ3v) is 26.2. The van der Waals surface area contributed by atoms with Crippen LogP contribution >= 0.6 is 0 Å². The molecule has 8 aromatic carbocycles. The summed E-state index contributed by atoms with van der Waals surface area (Å²) in [7, 11) is 0. The van der Waals surface area contributed by atoms with Gasteiger partial charge in [0.05, 0.1) is 0 Å². The molecule has 0 aromatic heterocycles. The van der Waals surface area contributed by atoms with Gasteiger partial charge >= 0.3 is 355 Å². The van der Waals surface area contributed by atoms with Crippen LogP contribution in [0.2, 0.25) is 8.45 Å². The first-order chi connectivity index (χ1) is 29.2. The number of hydrogen-bond acceptors (Lipinski definition) is 0. The van der Waals surface area contributed by atoms with Crippen molar-refractivity contribution in [2.24, 2.45) is 0 Å². The van der Waals surface area contributed by atoms with Crippen LogP contribution in [-0.4, -0.2) is 0 Å². The zero-order valence-electron chi connectivity index (χ0n) is 35.2. The molecule has 1 saturated carbocycles. The van der Waals surface area contributed by atoms with Crippen molar-refractivity contribution in [3.63, 3.8) is 0 Å². The quantitative estimate of drug-likeness (QED) is 0.105. The van der Waals surface area contributed by atoms with Crippen molar-refractivity contribution in [2.75, 3.05) is 0 Å². The van der Waals surface area contributed by atoms with Crippen molar-refractivity contribution >= 4 is 55.2 Å². The molecule has 8 aromatic rings. The molecule has 1 aliphatic heterocycles. The van der Waals surface area contributed by atoms with Crippen LogP contribution in [0.4, 0.5) is 0 Å². The predicted octanol–water partition coefficient (Wildman–Crippen LogP) is 11.1. The minimum atomic E-state index is -2.88. The van der Waals surface area contributed by atoms with Gasteiger partial charge in [-0.2, -0.15) is 0 Å². The van der Waals surface area contributed by atoms with E-state index in [0.717, 1.165) is 8.45 Å². The van der Waals surface area contributed by atoms with Gasteiger partial charge in [0.15, 0.2) is 0 Å². The molecule has 0 amide bonds. The Kier molecular flexibility index (Phi) is 10.7. The fourth-order valence-electron chi connectivity index (χ4n) is 13.4. The Labute approximate surface area is 377 Å². The number of halogens is 2. The Bertz CT molecular complexity index is 2760. The molecule has 0 nitrogen and oxygen atoms in total. The SMILES string of the molecule is CCCC1=Cc2c(-c3c4ccccc4cc4ccccc34)cccc2[CH]1[Ti+2]1([CH]2C(CCC)=Cc3c(-c4c5ccccc5cc5ccccc45)cccc32)[CH]2CCCC[CH]21.[Cl-].[Cl-]. The number of benzene rings is 8. The molecule has 0 bridgehead atoms. The molecule has 4 atom stereocenters. The topological polar surface area (TPSA) is 0 Å². The standard InChI is InChI=1S/2C26H21.C6H10.2ClH.Ti/c2*1-2-8-18-15-19-11-7-14-24(25(19)16-18)26-22-12-5-3-9-20(22)17-21-10-4-6-13-23(21)26;1-2-4-6-5-3-1;;;/h2*3-7,9-17H,2,8H2,1H3;1-2H,3-6H2;2*1H;/q;;;;;+2/p-2. The number of rotatable bonds is 8. The normalized spacial score (nSPS) is 21.2. The largest absolute Gasteiger partial charge is 1.00 e. The molecule has 12 rings (SSSR count). The van der Waals surface area contributed by atoms with Crippen LogP contribution in [0.25, 0.3) is 77.5 Å². The van der Waals surface area contributed by atoms with E-state index in [1.54, 1.807) is 22.3 Å². The number of hydrogen-bond donors (Lipinski definition) is 0. The second-order valence-electron chi connectivity index (χ2n) is 18.3. The summed E-state index contributed by atoms with van der Waals surface area (Å²) in [6, 6.07) is 56.2.